The second kappa shape index (κ2) is 6.61. The molecule has 1 rings (SSSR count). The van der Waals surface area contributed by atoms with Crippen LogP contribution in [-0.4, -0.2) is 32.0 Å². The van der Waals surface area contributed by atoms with E-state index in [4.69, 9.17) is 10.5 Å². The van der Waals surface area contributed by atoms with Gasteiger partial charge in [-0.05, 0) is 30.7 Å². The van der Waals surface area contributed by atoms with Crippen molar-refractivity contribution in [3.63, 3.8) is 0 Å². The number of rotatable bonds is 4. The third kappa shape index (κ3) is 3.74. The summed E-state index contributed by atoms with van der Waals surface area (Å²) in [7, 11) is 1.56. The number of carbonyl (C=O) groups excluding carboxylic acids is 2. The lowest BCUT2D eigenvalue weighted by Gasteiger charge is -2.09. The lowest BCUT2D eigenvalue weighted by atomic mass is 10.2. The highest BCUT2D eigenvalue weighted by Gasteiger charge is 2.13. The van der Waals surface area contributed by atoms with E-state index in [1.54, 1.807) is 25.3 Å². The Bertz CT molecular complexity index is 446. The normalized spacial score (nSPS) is 9.72. The highest BCUT2D eigenvalue weighted by molar-refractivity contribution is 6.39. The van der Waals surface area contributed by atoms with Gasteiger partial charge in [0.25, 0.3) is 0 Å². The molecule has 1 aromatic carbocycles. The number of methoxy groups -OCH3 is 1. The molecule has 0 aliphatic rings. The topological polar surface area (TPSA) is 93.4 Å². The Morgan fingerprint density at radius 3 is 2.61 bits per heavy atom. The third-order valence-corrected chi connectivity index (χ3v) is 2.32. The molecule has 0 saturated heterocycles. The number of carbonyl (C=O) groups is 2. The SMILES string of the molecule is COc1ccc(NC(=O)C(=O)NCCN)c(C)c1. The Kier molecular flexibility index (Phi) is 5.13. The fourth-order valence-electron chi connectivity index (χ4n) is 1.35. The van der Waals surface area contributed by atoms with Gasteiger partial charge in [-0.2, -0.15) is 0 Å². The van der Waals surface area contributed by atoms with Crippen LogP contribution in [-0.2, 0) is 9.59 Å². The van der Waals surface area contributed by atoms with Gasteiger partial charge in [-0.15, -0.1) is 0 Å². The molecule has 2 amide bonds. The largest absolute Gasteiger partial charge is 0.497 e. The van der Waals surface area contributed by atoms with E-state index in [9.17, 15) is 9.59 Å². The van der Waals surface area contributed by atoms with Gasteiger partial charge in [-0.25, -0.2) is 0 Å². The van der Waals surface area contributed by atoms with Gasteiger partial charge in [-0.1, -0.05) is 0 Å². The van der Waals surface area contributed by atoms with Crippen LogP contribution < -0.4 is 21.1 Å². The molecule has 0 spiro atoms. The van der Waals surface area contributed by atoms with Crippen molar-refractivity contribution in [2.45, 2.75) is 6.92 Å². The highest BCUT2D eigenvalue weighted by Crippen LogP contribution is 2.20. The summed E-state index contributed by atoms with van der Waals surface area (Å²) in [5.74, 6) is -0.717. The number of hydrogen-bond acceptors (Lipinski definition) is 4. The number of benzene rings is 1. The second-order valence-electron chi connectivity index (χ2n) is 3.68. The monoisotopic (exact) mass is 251 g/mol. The molecule has 6 nitrogen and oxygen atoms in total. The summed E-state index contributed by atoms with van der Waals surface area (Å²) in [5, 5.41) is 4.92. The summed E-state index contributed by atoms with van der Waals surface area (Å²) >= 11 is 0. The molecule has 0 radical (unpaired) electrons. The van der Waals surface area contributed by atoms with Crippen LogP contribution in [0.5, 0.6) is 5.75 Å². The van der Waals surface area contributed by atoms with Gasteiger partial charge >= 0.3 is 11.8 Å². The first kappa shape index (κ1) is 14.0. The fraction of sp³-hybridized carbons (Fsp3) is 0.333. The van der Waals surface area contributed by atoms with Gasteiger partial charge in [-0.3, -0.25) is 9.59 Å². The molecule has 0 atom stereocenters. The van der Waals surface area contributed by atoms with Gasteiger partial charge in [0.2, 0.25) is 0 Å². The van der Waals surface area contributed by atoms with Gasteiger partial charge in [0.05, 0.1) is 7.11 Å². The summed E-state index contributed by atoms with van der Waals surface area (Å²) in [6.07, 6.45) is 0. The molecule has 0 bridgehead atoms. The minimum atomic E-state index is -0.711. The number of ether oxygens (including phenoxy) is 1. The average Bonchev–Trinajstić information content (AvgIpc) is 2.38. The molecule has 4 N–H and O–H groups in total. The molecule has 98 valence electrons. The number of amides is 2. The van der Waals surface area contributed by atoms with E-state index >= 15 is 0 Å². The summed E-state index contributed by atoms with van der Waals surface area (Å²) in [6, 6.07) is 5.16. The van der Waals surface area contributed by atoms with E-state index < -0.39 is 11.8 Å². The van der Waals surface area contributed by atoms with E-state index in [0.717, 1.165) is 5.56 Å². The van der Waals surface area contributed by atoms with Crippen LogP contribution in [0, 0.1) is 6.92 Å². The third-order valence-electron chi connectivity index (χ3n) is 2.32. The number of nitrogens with two attached hydrogens (primary N) is 1. The minimum absolute atomic E-state index is 0.272. The van der Waals surface area contributed by atoms with Crippen LogP contribution in [0.3, 0.4) is 0 Å². The molecular weight excluding hydrogens is 234 g/mol. The van der Waals surface area contributed by atoms with Crippen molar-refractivity contribution in [3.05, 3.63) is 23.8 Å². The van der Waals surface area contributed by atoms with E-state index in [0.29, 0.717) is 18.0 Å². The first-order chi connectivity index (χ1) is 8.58. The van der Waals surface area contributed by atoms with E-state index in [2.05, 4.69) is 10.6 Å². The molecule has 0 heterocycles. The lowest BCUT2D eigenvalue weighted by molar-refractivity contribution is -0.136. The predicted molar refractivity (Wildman–Crippen MR) is 68.4 cm³/mol. The number of anilines is 1. The quantitative estimate of drug-likeness (QED) is 0.657. The molecule has 0 aliphatic carbocycles. The molecule has 18 heavy (non-hydrogen) atoms. The zero-order chi connectivity index (χ0) is 13.5. The molecule has 0 saturated carbocycles. The van der Waals surface area contributed by atoms with Crippen LogP contribution >= 0.6 is 0 Å². The standard InChI is InChI=1S/C12H17N3O3/c1-8-7-9(18-2)3-4-10(8)15-12(17)11(16)14-6-5-13/h3-4,7H,5-6,13H2,1-2H3,(H,14,16)(H,15,17). The summed E-state index contributed by atoms with van der Waals surface area (Å²) < 4.78 is 5.05. The first-order valence-electron chi connectivity index (χ1n) is 5.52. The van der Waals surface area contributed by atoms with Crippen LogP contribution in [0.15, 0.2) is 18.2 Å². The first-order valence-corrected chi connectivity index (χ1v) is 5.52. The zero-order valence-electron chi connectivity index (χ0n) is 10.4. The Morgan fingerprint density at radius 1 is 1.33 bits per heavy atom. The Morgan fingerprint density at radius 2 is 2.06 bits per heavy atom. The van der Waals surface area contributed by atoms with Crippen molar-refractivity contribution >= 4 is 17.5 Å². The second-order valence-corrected chi connectivity index (χ2v) is 3.68. The van der Waals surface area contributed by atoms with E-state index in [-0.39, 0.29) is 6.54 Å². The highest BCUT2D eigenvalue weighted by atomic mass is 16.5. The Hall–Kier alpha value is -2.08. The van der Waals surface area contributed by atoms with Gasteiger partial charge in [0, 0.05) is 18.8 Å². The summed E-state index contributed by atoms with van der Waals surface area (Å²) in [4.78, 5) is 22.9. The maximum Gasteiger partial charge on any atom is 0.313 e. The van der Waals surface area contributed by atoms with E-state index in [1.165, 1.54) is 0 Å². The van der Waals surface area contributed by atoms with Crippen molar-refractivity contribution < 1.29 is 14.3 Å². The summed E-state index contributed by atoms with van der Waals surface area (Å²) in [5.41, 5.74) is 6.61. The van der Waals surface area contributed by atoms with Crippen molar-refractivity contribution in [1.82, 2.24) is 5.32 Å². The molecule has 0 aliphatic heterocycles. The predicted octanol–water partition coefficient (Wildman–Crippen LogP) is 0.0170. The smallest absolute Gasteiger partial charge is 0.313 e. The van der Waals surface area contributed by atoms with Crippen molar-refractivity contribution in [2.24, 2.45) is 5.73 Å². The maximum atomic E-state index is 11.5. The number of aryl methyl sites for hydroxylation is 1. The summed E-state index contributed by atoms with van der Waals surface area (Å²) in [6.45, 7) is 2.38. The van der Waals surface area contributed by atoms with E-state index in [1.807, 2.05) is 6.92 Å². The van der Waals surface area contributed by atoms with Crippen molar-refractivity contribution in [2.75, 3.05) is 25.5 Å². The molecule has 6 heteroatoms. The molecule has 1 aromatic rings. The van der Waals surface area contributed by atoms with Crippen LogP contribution in [0.1, 0.15) is 5.56 Å². The Labute approximate surface area is 105 Å². The minimum Gasteiger partial charge on any atom is -0.497 e. The molecule has 0 fully saturated rings. The number of hydrogen-bond donors (Lipinski definition) is 3. The Balaban J connectivity index is 2.67. The fourth-order valence-corrected chi connectivity index (χ4v) is 1.35. The average molecular weight is 251 g/mol. The lowest BCUT2D eigenvalue weighted by Crippen LogP contribution is -2.38. The maximum absolute atomic E-state index is 11.5. The molecule has 0 aromatic heterocycles. The van der Waals surface area contributed by atoms with Crippen LogP contribution in [0.4, 0.5) is 5.69 Å². The molecule has 0 unspecified atom stereocenters. The van der Waals surface area contributed by atoms with Gasteiger partial charge < -0.3 is 21.1 Å². The van der Waals surface area contributed by atoms with Crippen molar-refractivity contribution in [1.29, 1.82) is 0 Å². The van der Waals surface area contributed by atoms with Crippen LogP contribution in [0.2, 0.25) is 0 Å². The zero-order valence-corrected chi connectivity index (χ0v) is 10.4. The van der Waals surface area contributed by atoms with Crippen molar-refractivity contribution in [3.8, 4) is 5.75 Å². The van der Waals surface area contributed by atoms with Gasteiger partial charge in [0.1, 0.15) is 5.75 Å². The van der Waals surface area contributed by atoms with Crippen LogP contribution in [0.25, 0.3) is 0 Å². The molecular formula is C12H17N3O3. The number of nitrogens with one attached hydrogen (secondary N) is 2. The van der Waals surface area contributed by atoms with Gasteiger partial charge in [0.15, 0.2) is 0 Å².